The molecular formula is C11H17NS. The largest absolute Gasteiger partial charge is 0.313 e. The molecule has 0 unspecified atom stereocenters. The van der Waals surface area contributed by atoms with E-state index >= 15 is 0 Å². The van der Waals surface area contributed by atoms with Gasteiger partial charge in [-0.15, -0.1) is 0 Å². The smallest absolute Gasteiger partial charge is 0.0213 e. The lowest BCUT2D eigenvalue weighted by Gasteiger charge is -2.01. The van der Waals surface area contributed by atoms with Gasteiger partial charge in [-0.3, -0.25) is 0 Å². The second-order valence-corrected chi connectivity index (χ2v) is 4.67. The maximum atomic E-state index is 3.48. The molecule has 0 amide bonds. The Morgan fingerprint density at radius 3 is 3.08 bits per heavy atom. The van der Waals surface area contributed by atoms with Crippen LogP contribution in [0.5, 0.6) is 0 Å². The van der Waals surface area contributed by atoms with Crippen molar-refractivity contribution in [2.24, 2.45) is 5.92 Å². The van der Waals surface area contributed by atoms with Crippen molar-refractivity contribution in [3.05, 3.63) is 22.4 Å². The highest BCUT2D eigenvalue weighted by Gasteiger charge is 2.19. The maximum Gasteiger partial charge on any atom is 0.0213 e. The maximum absolute atomic E-state index is 3.48. The van der Waals surface area contributed by atoms with Crippen molar-refractivity contribution in [2.75, 3.05) is 6.54 Å². The Kier molecular flexibility index (Phi) is 3.39. The molecule has 0 aliphatic heterocycles. The molecule has 1 aliphatic carbocycles. The van der Waals surface area contributed by atoms with E-state index in [4.69, 9.17) is 0 Å². The number of thiophene rings is 1. The second-order valence-electron chi connectivity index (χ2n) is 3.89. The Morgan fingerprint density at radius 2 is 2.38 bits per heavy atom. The Bertz CT molecular complexity index is 226. The first-order valence-electron chi connectivity index (χ1n) is 5.17. The van der Waals surface area contributed by atoms with Crippen LogP contribution in [0.15, 0.2) is 16.8 Å². The quantitative estimate of drug-likeness (QED) is 0.688. The predicted molar refractivity (Wildman–Crippen MR) is 58.0 cm³/mol. The first kappa shape index (κ1) is 9.22. The van der Waals surface area contributed by atoms with Gasteiger partial charge in [-0.05, 0) is 47.7 Å². The summed E-state index contributed by atoms with van der Waals surface area (Å²) in [6, 6.07) is 2.19. The summed E-state index contributed by atoms with van der Waals surface area (Å²) in [7, 11) is 0. The average molecular weight is 195 g/mol. The van der Waals surface area contributed by atoms with E-state index in [0.29, 0.717) is 0 Å². The highest BCUT2D eigenvalue weighted by atomic mass is 32.1. The molecule has 1 fully saturated rings. The zero-order valence-electron chi connectivity index (χ0n) is 7.96. The molecule has 0 atom stereocenters. The number of hydrogen-bond donors (Lipinski definition) is 1. The molecule has 2 rings (SSSR count). The van der Waals surface area contributed by atoms with E-state index in [0.717, 1.165) is 12.5 Å². The molecular weight excluding hydrogens is 178 g/mol. The van der Waals surface area contributed by atoms with E-state index in [2.05, 4.69) is 22.1 Å². The molecule has 1 aromatic heterocycles. The van der Waals surface area contributed by atoms with E-state index in [1.807, 2.05) is 0 Å². The SMILES string of the molecule is c1cc(CNCCCC2CC2)cs1. The lowest BCUT2D eigenvalue weighted by atomic mass is 10.2. The Balaban J connectivity index is 1.48. The van der Waals surface area contributed by atoms with Gasteiger partial charge in [0.2, 0.25) is 0 Å². The van der Waals surface area contributed by atoms with Crippen molar-refractivity contribution in [2.45, 2.75) is 32.2 Å². The van der Waals surface area contributed by atoms with Gasteiger partial charge in [0, 0.05) is 6.54 Å². The zero-order valence-corrected chi connectivity index (χ0v) is 8.78. The minimum absolute atomic E-state index is 1.05. The van der Waals surface area contributed by atoms with E-state index in [-0.39, 0.29) is 0 Å². The first-order valence-corrected chi connectivity index (χ1v) is 6.11. The van der Waals surface area contributed by atoms with E-state index in [9.17, 15) is 0 Å². The molecule has 1 heterocycles. The molecule has 1 saturated carbocycles. The van der Waals surface area contributed by atoms with Crippen LogP contribution in [0.4, 0.5) is 0 Å². The highest BCUT2D eigenvalue weighted by Crippen LogP contribution is 2.33. The third-order valence-corrected chi connectivity index (χ3v) is 3.30. The number of hydrogen-bond acceptors (Lipinski definition) is 2. The molecule has 0 spiro atoms. The summed E-state index contributed by atoms with van der Waals surface area (Å²) in [5, 5.41) is 7.83. The van der Waals surface area contributed by atoms with Gasteiger partial charge in [0.15, 0.2) is 0 Å². The summed E-state index contributed by atoms with van der Waals surface area (Å²) in [5.41, 5.74) is 1.43. The minimum atomic E-state index is 1.05. The lowest BCUT2D eigenvalue weighted by molar-refractivity contribution is 0.594. The Hall–Kier alpha value is -0.340. The van der Waals surface area contributed by atoms with Crippen molar-refractivity contribution in [1.29, 1.82) is 0 Å². The zero-order chi connectivity index (χ0) is 8.93. The minimum Gasteiger partial charge on any atom is -0.313 e. The van der Waals surface area contributed by atoms with Crippen LogP contribution in [-0.2, 0) is 6.54 Å². The van der Waals surface area contributed by atoms with Crippen molar-refractivity contribution in [1.82, 2.24) is 5.32 Å². The monoisotopic (exact) mass is 195 g/mol. The van der Waals surface area contributed by atoms with Gasteiger partial charge < -0.3 is 5.32 Å². The van der Waals surface area contributed by atoms with Crippen molar-refractivity contribution < 1.29 is 0 Å². The molecule has 72 valence electrons. The van der Waals surface area contributed by atoms with Crippen LogP contribution in [0.3, 0.4) is 0 Å². The van der Waals surface area contributed by atoms with Crippen LogP contribution in [0.2, 0.25) is 0 Å². The third kappa shape index (κ3) is 3.49. The fourth-order valence-electron chi connectivity index (χ4n) is 1.55. The number of rotatable bonds is 6. The molecule has 1 aromatic rings. The second kappa shape index (κ2) is 4.77. The van der Waals surface area contributed by atoms with Gasteiger partial charge >= 0.3 is 0 Å². The van der Waals surface area contributed by atoms with Crippen LogP contribution < -0.4 is 5.32 Å². The van der Waals surface area contributed by atoms with Gasteiger partial charge in [0.1, 0.15) is 0 Å². The van der Waals surface area contributed by atoms with Gasteiger partial charge in [0.05, 0.1) is 0 Å². The standard InChI is InChI=1S/C11H17NS/c1(2-10-3-4-10)6-12-8-11-5-7-13-9-11/h5,7,9-10,12H,1-4,6,8H2. The van der Waals surface area contributed by atoms with Gasteiger partial charge in [-0.1, -0.05) is 12.8 Å². The fraction of sp³-hybridized carbons (Fsp3) is 0.636. The van der Waals surface area contributed by atoms with Crippen molar-refractivity contribution in [3.63, 3.8) is 0 Å². The summed E-state index contributed by atoms with van der Waals surface area (Å²) >= 11 is 1.78. The summed E-state index contributed by atoms with van der Waals surface area (Å²) in [6.45, 7) is 2.24. The summed E-state index contributed by atoms with van der Waals surface area (Å²) in [6.07, 6.45) is 5.78. The summed E-state index contributed by atoms with van der Waals surface area (Å²) in [4.78, 5) is 0. The first-order chi connectivity index (χ1) is 6.45. The normalized spacial score (nSPS) is 16.3. The molecule has 0 radical (unpaired) electrons. The molecule has 0 bridgehead atoms. The van der Waals surface area contributed by atoms with Crippen molar-refractivity contribution in [3.8, 4) is 0 Å². The topological polar surface area (TPSA) is 12.0 Å². The molecule has 2 heteroatoms. The summed E-state index contributed by atoms with van der Waals surface area (Å²) in [5.74, 6) is 1.09. The molecule has 13 heavy (non-hydrogen) atoms. The molecule has 0 aromatic carbocycles. The number of nitrogens with one attached hydrogen (secondary N) is 1. The van der Waals surface area contributed by atoms with Crippen molar-refractivity contribution >= 4 is 11.3 Å². The lowest BCUT2D eigenvalue weighted by Crippen LogP contribution is -2.14. The van der Waals surface area contributed by atoms with Gasteiger partial charge in [-0.25, -0.2) is 0 Å². The van der Waals surface area contributed by atoms with Crippen LogP contribution in [0, 0.1) is 5.92 Å². The molecule has 0 saturated heterocycles. The molecule has 1 nitrogen and oxygen atoms in total. The van der Waals surface area contributed by atoms with Gasteiger partial charge in [0.25, 0.3) is 0 Å². The van der Waals surface area contributed by atoms with E-state index < -0.39 is 0 Å². The summed E-state index contributed by atoms with van der Waals surface area (Å²) < 4.78 is 0. The van der Waals surface area contributed by atoms with Crippen LogP contribution in [-0.4, -0.2) is 6.54 Å². The van der Waals surface area contributed by atoms with Gasteiger partial charge in [-0.2, -0.15) is 11.3 Å². The predicted octanol–water partition coefficient (Wildman–Crippen LogP) is 3.03. The molecule has 1 N–H and O–H groups in total. The Labute approximate surface area is 84.2 Å². The fourth-order valence-corrected chi connectivity index (χ4v) is 2.22. The van der Waals surface area contributed by atoms with Crippen LogP contribution >= 0.6 is 11.3 Å². The molecule has 1 aliphatic rings. The average Bonchev–Trinajstić information content (AvgIpc) is 2.81. The highest BCUT2D eigenvalue weighted by molar-refractivity contribution is 7.07. The van der Waals surface area contributed by atoms with E-state index in [1.165, 1.54) is 37.8 Å². The third-order valence-electron chi connectivity index (χ3n) is 2.57. The Morgan fingerprint density at radius 1 is 1.46 bits per heavy atom. The van der Waals surface area contributed by atoms with Crippen LogP contribution in [0.1, 0.15) is 31.2 Å². The van der Waals surface area contributed by atoms with E-state index in [1.54, 1.807) is 11.3 Å². The van der Waals surface area contributed by atoms with Crippen LogP contribution in [0.25, 0.3) is 0 Å².